The number of hydrogen-bond acceptors (Lipinski definition) is 7. The maximum Gasteiger partial charge on any atom is 0.405 e. The molecule has 0 saturated heterocycles. The van der Waals surface area contributed by atoms with Crippen LogP contribution in [-0.2, 0) is 19.1 Å². The van der Waals surface area contributed by atoms with Gasteiger partial charge in [-0.05, 0) is 44.6 Å². The molecule has 208 valence electrons. The number of fused-ring (bicyclic) bond motifs is 2. The zero-order valence-electron chi connectivity index (χ0n) is 23.1. The van der Waals surface area contributed by atoms with Crippen LogP contribution >= 0.6 is 0 Å². The van der Waals surface area contributed by atoms with Crippen molar-refractivity contribution in [2.75, 3.05) is 0 Å². The zero-order chi connectivity index (χ0) is 28.9. The Morgan fingerprint density at radius 2 is 1.66 bits per heavy atom. The van der Waals surface area contributed by atoms with Crippen LogP contribution in [-0.4, -0.2) is 52.1 Å². The van der Waals surface area contributed by atoms with Gasteiger partial charge in [0.05, 0.1) is 17.9 Å². The van der Waals surface area contributed by atoms with E-state index < -0.39 is 47.8 Å². The molecule has 7 atom stereocenters. The van der Waals surface area contributed by atoms with Gasteiger partial charge in [0.25, 0.3) is 5.91 Å². The Bertz CT molecular complexity index is 1130. The summed E-state index contributed by atoms with van der Waals surface area (Å²) in [4.78, 5) is 50.2. The van der Waals surface area contributed by atoms with Gasteiger partial charge in [0, 0.05) is 34.6 Å². The number of nitrogens with one attached hydrogen (secondary N) is 1. The molecule has 0 aromatic rings. The van der Waals surface area contributed by atoms with Crippen molar-refractivity contribution in [1.82, 2.24) is 5.32 Å². The van der Waals surface area contributed by atoms with Crippen LogP contribution in [0.5, 0.6) is 0 Å². The zero-order valence-corrected chi connectivity index (χ0v) is 23.1. The van der Waals surface area contributed by atoms with Crippen molar-refractivity contribution in [1.29, 1.82) is 0 Å². The largest absolute Gasteiger partial charge is 0.441 e. The minimum atomic E-state index is -1.27. The van der Waals surface area contributed by atoms with Crippen molar-refractivity contribution in [3.05, 3.63) is 58.4 Å². The summed E-state index contributed by atoms with van der Waals surface area (Å²) in [6, 6.07) is 0. The highest BCUT2D eigenvalue weighted by Gasteiger charge is 2.35. The number of ether oxygens (including phenoxy) is 1. The Morgan fingerprint density at radius 1 is 1.03 bits per heavy atom. The van der Waals surface area contributed by atoms with Crippen LogP contribution in [0.4, 0.5) is 4.79 Å². The molecule has 38 heavy (non-hydrogen) atoms. The molecule has 2 rings (SSSR count). The molecule has 0 radical (unpaired) electrons. The van der Waals surface area contributed by atoms with Crippen LogP contribution in [0.15, 0.2) is 58.4 Å². The van der Waals surface area contributed by atoms with Crippen molar-refractivity contribution in [3.8, 4) is 0 Å². The first kappa shape index (κ1) is 30.9. The topological polar surface area (TPSA) is 156 Å². The van der Waals surface area contributed by atoms with E-state index in [1.807, 2.05) is 26.8 Å². The molecule has 1 aliphatic heterocycles. The average Bonchev–Trinajstić information content (AvgIpc) is 2.84. The predicted molar refractivity (Wildman–Crippen MR) is 143 cm³/mol. The molecule has 1 aliphatic carbocycles. The standard InChI is InChI=1S/C29H40N2O7/c1-14-9-8-10-15(2)28(36)31-21-13-22(32)20(7)23(26(21)35)25(34)18(5)11-16(3)24(33)17(4)12-19(6)27(14)38-29(30)37/h8-10,12-14,16-18,24-25,27,33-34H,11H2,1-7H3,(H2,30,37)(H,31,36)/b9-8-,15-10-,19-12-. The number of rotatable bonds is 1. The first-order valence-electron chi connectivity index (χ1n) is 12.8. The van der Waals surface area contributed by atoms with Gasteiger partial charge < -0.3 is 26.0 Å². The number of nitrogens with two attached hydrogens (primary N) is 1. The van der Waals surface area contributed by atoms with Crippen LogP contribution in [0.3, 0.4) is 0 Å². The number of hydrogen-bond donors (Lipinski definition) is 4. The normalized spacial score (nSPS) is 35.9. The molecule has 0 aromatic heterocycles. The average molecular weight is 529 g/mol. The summed E-state index contributed by atoms with van der Waals surface area (Å²) in [6.07, 6.45) is 4.45. The van der Waals surface area contributed by atoms with E-state index in [0.717, 1.165) is 6.08 Å². The maximum absolute atomic E-state index is 13.2. The van der Waals surface area contributed by atoms with E-state index in [1.165, 1.54) is 13.0 Å². The molecule has 0 saturated carbocycles. The lowest BCUT2D eigenvalue weighted by Crippen LogP contribution is -2.38. The van der Waals surface area contributed by atoms with Crippen LogP contribution in [0.2, 0.25) is 0 Å². The molecule has 9 nitrogen and oxygen atoms in total. The Kier molecular flexibility index (Phi) is 10.6. The molecule has 0 fully saturated rings. The van der Waals surface area contributed by atoms with Gasteiger partial charge in [-0.1, -0.05) is 52.0 Å². The van der Waals surface area contributed by atoms with Gasteiger partial charge in [0.2, 0.25) is 5.78 Å². The molecule has 1 heterocycles. The molecular weight excluding hydrogens is 488 g/mol. The van der Waals surface area contributed by atoms with Gasteiger partial charge in [-0.3, -0.25) is 14.4 Å². The number of allylic oxidation sites excluding steroid dienone is 5. The first-order chi connectivity index (χ1) is 17.6. The lowest BCUT2D eigenvalue weighted by atomic mass is 9.79. The molecule has 0 aromatic carbocycles. The minimum absolute atomic E-state index is 0.0505. The summed E-state index contributed by atoms with van der Waals surface area (Å²) in [5.74, 6) is -3.08. The lowest BCUT2D eigenvalue weighted by Gasteiger charge is -2.30. The highest BCUT2D eigenvalue weighted by atomic mass is 16.6. The number of aliphatic hydroxyl groups excluding tert-OH is 2. The predicted octanol–water partition coefficient (Wildman–Crippen LogP) is 3.04. The van der Waals surface area contributed by atoms with Crippen LogP contribution < -0.4 is 11.1 Å². The fourth-order valence-corrected chi connectivity index (χ4v) is 4.98. The Hall–Kier alpha value is -3.30. The van der Waals surface area contributed by atoms with E-state index in [-0.39, 0.29) is 40.2 Å². The third-order valence-corrected chi connectivity index (χ3v) is 7.30. The van der Waals surface area contributed by atoms with Crippen LogP contribution in [0.1, 0.15) is 54.9 Å². The molecule has 5 N–H and O–H groups in total. The fourth-order valence-electron chi connectivity index (χ4n) is 4.98. The van der Waals surface area contributed by atoms with Crippen molar-refractivity contribution in [3.63, 3.8) is 0 Å². The summed E-state index contributed by atoms with van der Waals surface area (Å²) >= 11 is 0. The summed E-state index contributed by atoms with van der Waals surface area (Å²) in [5, 5.41) is 24.6. The van der Waals surface area contributed by atoms with Gasteiger partial charge in [-0.15, -0.1) is 0 Å². The third kappa shape index (κ3) is 7.39. The highest BCUT2D eigenvalue weighted by molar-refractivity contribution is 6.24. The second-order valence-corrected chi connectivity index (χ2v) is 10.6. The molecule has 7 unspecified atom stereocenters. The third-order valence-electron chi connectivity index (χ3n) is 7.30. The molecule has 2 bridgehead atoms. The Balaban J connectivity index is 2.56. The quantitative estimate of drug-likeness (QED) is 0.301. The molecule has 2 aliphatic rings. The summed E-state index contributed by atoms with van der Waals surface area (Å²) in [5.41, 5.74) is 6.15. The van der Waals surface area contributed by atoms with Crippen LogP contribution in [0.25, 0.3) is 0 Å². The number of primary amides is 1. The van der Waals surface area contributed by atoms with E-state index in [1.54, 1.807) is 32.9 Å². The van der Waals surface area contributed by atoms with Gasteiger partial charge in [-0.2, -0.15) is 0 Å². The Morgan fingerprint density at radius 3 is 2.26 bits per heavy atom. The molecular formula is C29H40N2O7. The number of aliphatic hydroxyl groups is 2. The number of amides is 2. The summed E-state index contributed by atoms with van der Waals surface area (Å²) < 4.78 is 5.36. The Labute approximate surface area is 224 Å². The lowest BCUT2D eigenvalue weighted by molar-refractivity contribution is -0.120. The van der Waals surface area contributed by atoms with Gasteiger partial charge in [0.15, 0.2) is 5.78 Å². The molecule has 9 heteroatoms. The first-order valence-corrected chi connectivity index (χ1v) is 12.8. The number of carbonyl (C=O) groups is 4. The number of carbonyl (C=O) groups excluding carboxylic acids is 4. The highest BCUT2D eigenvalue weighted by Crippen LogP contribution is 2.31. The van der Waals surface area contributed by atoms with Crippen molar-refractivity contribution >= 4 is 23.6 Å². The van der Waals surface area contributed by atoms with Crippen molar-refractivity contribution in [2.45, 2.75) is 73.2 Å². The van der Waals surface area contributed by atoms with E-state index in [9.17, 15) is 29.4 Å². The minimum Gasteiger partial charge on any atom is -0.441 e. The maximum atomic E-state index is 13.2. The van der Waals surface area contributed by atoms with Crippen LogP contribution in [0, 0.1) is 23.7 Å². The monoisotopic (exact) mass is 528 g/mol. The fraction of sp³-hybridized carbons (Fsp3) is 0.517. The van der Waals surface area contributed by atoms with Gasteiger partial charge in [0.1, 0.15) is 6.10 Å². The molecule has 0 spiro atoms. The summed E-state index contributed by atoms with van der Waals surface area (Å²) in [7, 11) is 0. The second kappa shape index (κ2) is 13.0. The molecule has 2 amide bonds. The van der Waals surface area contributed by atoms with Gasteiger partial charge >= 0.3 is 6.09 Å². The second-order valence-electron chi connectivity index (χ2n) is 10.6. The van der Waals surface area contributed by atoms with E-state index >= 15 is 0 Å². The van der Waals surface area contributed by atoms with E-state index in [2.05, 4.69) is 5.32 Å². The van der Waals surface area contributed by atoms with E-state index in [0.29, 0.717) is 12.0 Å². The van der Waals surface area contributed by atoms with Crippen molar-refractivity contribution < 1.29 is 34.1 Å². The van der Waals surface area contributed by atoms with Crippen molar-refractivity contribution in [2.24, 2.45) is 29.4 Å². The summed E-state index contributed by atoms with van der Waals surface area (Å²) in [6.45, 7) is 12.1. The number of ketones is 2. The SMILES string of the molecule is CC1=C2C(=O)C(=CC1=O)NC(=O)/C(C)=C\C=C/C(C)C(OC(N)=O)/C(C)=C\C(C)C(O)C(C)CC(C)C2O. The van der Waals surface area contributed by atoms with E-state index in [4.69, 9.17) is 10.5 Å². The number of Topliss-reactive ketones (excluding diaryl/α,β-unsaturated/α-hetero) is 1. The van der Waals surface area contributed by atoms with Gasteiger partial charge in [-0.25, -0.2) is 4.79 Å². The smallest absolute Gasteiger partial charge is 0.405 e.